The van der Waals surface area contributed by atoms with Crippen molar-refractivity contribution in [1.29, 1.82) is 0 Å². The molecule has 0 rings (SSSR count). The van der Waals surface area contributed by atoms with Gasteiger partial charge in [0.05, 0.1) is 72.7 Å². The first-order valence-corrected chi connectivity index (χ1v) is 16.5. The molecule has 0 saturated heterocycles. The summed E-state index contributed by atoms with van der Waals surface area (Å²) in [5.74, 6) is -1.13. The van der Waals surface area contributed by atoms with Crippen LogP contribution in [-0.2, 0) is 42.7 Å². The highest BCUT2D eigenvalue weighted by Gasteiger charge is 2.03. The average Bonchev–Trinajstić information content (AvgIpc) is 2.98. The molecule has 0 aliphatic heterocycles. The van der Waals surface area contributed by atoms with E-state index in [4.69, 9.17) is 38.3 Å². The van der Waals surface area contributed by atoms with Crippen LogP contribution in [0.5, 0.6) is 0 Å². The van der Waals surface area contributed by atoms with Crippen LogP contribution in [0, 0.1) is 0 Å². The zero-order chi connectivity index (χ0) is 30.6. The number of ether oxygens (including phenoxy) is 7. The molecule has 0 bridgehead atoms. The Kier molecular flexibility index (Phi) is 34.8. The van der Waals surface area contributed by atoms with Gasteiger partial charge < -0.3 is 38.3 Å². The fourth-order valence-corrected chi connectivity index (χ4v) is 4.19. The predicted molar refractivity (Wildman–Crippen MR) is 163 cm³/mol. The Hall–Kier alpha value is -1.30. The Morgan fingerprint density at radius 3 is 1.10 bits per heavy atom. The first-order chi connectivity index (χ1) is 20.7. The van der Waals surface area contributed by atoms with E-state index in [-0.39, 0.29) is 25.8 Å². The van der Waals surface area contributed by atoms with Gasteiger partial charge in [0.15, 0.2) is 0 Å². The van der Waals surface area contributed by atoms with Crippen molar-refractivity contribution in [3.8, 4) is 0 Å². The number of carboxylic acid groups (broad SMARTS) is 1. The number of aliphatic carboxylic acids is 1. The molecule has 0 saturated carbocycles. The van der Waals surface area contributed by atoms with Gasteiger partial charge in [-0.05, 0) is 6.42 Å². The number of hydrogen-bond donors (Lipinski definition) is 1. The SMILES string of the molecule is CCCCCCCCCCCCCCCCCC(=O)OCCOCCOCCOCCOCCOCCOCC(=O)O. The quantitative estimate of drug-likeness (QED) is 0.0674. The summed E-state index contributed by atoms with van der Waals surface area (Å²) in [6, 6.07) is 0. The largest absolute Gasteiger partial charge is 0.480 e. The van der Waals surface area contributed by atoms with Crippen molar-refractivity contribution >= 4 is 11.9 Å². The average molecular weight is 607 g/mol. The van der Waals surface area contributed by atoms with Gasteiger partial charge in [0.25, 0.3) is 0 Å². The monoisotopic (exact) mass is 606 g/mol. The lowest BCUT2D eigenvalue weighted by atomic mass is 10.0. The molecule has 0 aromatic carbocycles. The number of unbranched alkanes of at least 4 members (excludes halogenated alkanes) is 14. The van der Waals surface area contributed by atoms with E-state index in [2.05, 4.69) is 6.92 Å². The van der Waals surface area contributed by atoms with Gasteiger partial charge in [-0.1, -0.05) is 96.8 Å². The molecule has 0 atom stereocenters. The van der Waals surface area contributed by atoms with Gasteiger partial charge in [-0.2, -0.15) is 0 Å². The Labute approximate surface area is 255 Å². The van der Waals surface area contributed by atoms with Crippen LogP contribution in [-0.4, -0.2) is 103 Å². The summed E-state index contributed by atoms with van der Waals surface area (Å²) in [4.78, 5) is 22.1. The maximum absolute atomic E-state index is 11.8. The summed E-state index contributed by atoms with van der Waals surface area (Å²) in [7, 11) is 0. The molecule has 0 radical (unpaired) electrons. The highest BCUT2D eigenvalue weighted by Crippen LogP contribution is 2.13. The molecule has 0 fully saturated rings. The van der Waals surface area contributed by atoms with E-state index in [1.807, 2.05) is 0 Å². The molecule has 0 aromatic rings. The van der Waals surface area contributed by atoms with Gasteiger partial charge >= 0.3 is 11.9 Å². The smallest absolute Gasteiger partial charge is 0.329 e. The number of carbonyl (C=O) groups is 2. The second-order valence-electron chi connectivity index (χ2n) is 10.4. The van der Waals surface area contributed by atoms with Gasteiger partial charge in [-0.3, -0.25) is 4.79 Å². The van der Waals surface area contributed by atoms with E-state index >= 15 is 0 Å². The summed E-state index contributed by atoms with van der Waals surface area (Å²) >= 11 is 0. The highest BCUT2D eigenvalue weighted by molar-refractivity contribution is 5.69. The lowest BCUT2D eigenvalue weighted by Gasteiger charge is -2.08. The minimum Gasteiger partial charge on any atom is -0.480 e. The number of rotatable bonds is 36. The van der Waals surface area contributed by atoms with Crippen LogP contribution in [0.15, 0.2) is 0 Å². The van der Waals surface area contributed by atoms with Crippen LogP contribution in [0.3, 0.4) is 0 Å². The summed E-state index contributed by atoms with van der Waals surface area (Å²) in [5, 5.41) is 8.42. The van der Waals surface area contributed by atoms with Gasteiger partial charge in [0.1, 0.15) is 13.2 Å². The molecule has 0 amide bonds. The maximum atomic E-state index is 11.8. The number of esters is 1. The molecular weight excluding hydrogens is 544 g/mol. The molecular formula is C32H62O10. The van der Waals surface area contributed by atoms with Gasteiger partial charge in [0, 0.05) is 6.42 Å². The van der Waals surface area contributed by atoms with Crippen LogP contribution >= 0.6 is 0 Å². The van der Waals surface area contributed by atoms with Crippen molar-refractivity contribution in [3.05, 3.63) is 0 Å². The molecule has 1 N–H and O–H groups in total. The van der Waals surface area contributed by atoms with Gasteiger partial charge in [0.2, 0.25) is 0 Å². The second-order valence-corrected chi connectivity index (χ2v) is 10.4. The van der Waals surface area contributed by atoms with Gasteiger partial charge in [-0.15, -0.1) is 0 Å². The molecule has 0 aliphatic carbocycles. The van der Waals surface area contributed by atoms with Crippen molar-refractivity contribution in [2.45, 2.75) is 110 Å². The molecule has 0 aliphatic rings. The lowest BCUT2D eigenvalue weighted by Crippen LogP contribution is -2.15. The minimum absolute atomic E-state index is 0.138. The van der Waals surface area contributed by atoms with E-state index < -0.39 is 5.97 Å². The number of carboxylic acids is 1. The number of hydrogen-bond acceptors (Lipinski definition) is 9. The molecule has 0 heterocycles. The fraction of sp³-hybridized carbons (Fsp3) is 0.938. The van der Waals surface area contributed by atoms with E-state index in [1.165, 1.54) is 83.5 Å². The summed E-state index contributed by atoms with van der Waals surface area (Å²) in [5.41, 5.74) is 0. The fourth-order valence-electron chi connectivity index (χ4n) is 4.19. The molecule has 0 aromatic heterocycles. The number of carbonyl (C=O) groups excluding carboxylic acids is 1. The minimum atomic E-state index is -0.993. The Balaban J connectivity index is 3.15. The maximum Gasteiger partial charge on any atom is 0.329 e. The third-order valence-electron chi connectivity index (χ3n) is 6.56. The van der Waals surface area contributed by atoms with Crippen LogP contribution in [0.4, 0.5) is 0 Å². The Bertz CT molecular complexity index is 561. The summed E-state index contributed by atoms with van der Waals surface area (Å²) < 4.78 is 37.0. The first kappa shape index (κ1) is 40.7. The normalized spacial score (nSPS) is 11.3. The first-order valence-electron chi connectivity index (χ1n) is 16.5. The van der Waals surface area contributed by atoms with Crippen molar-refractivity contribution in [2.75, 3.05) is 85.9 Å². The van der Waals surface area contributed by atoms with Crippen molar-refractivity contribution in [2.24, 2.45) is 0 Å². The third kappa shape index (κ3) is 36.7. The van der Waals surface area contributed by atoms with Crippen LogP contribution in [0.25, 0.3) is 0 Å². The molecule has 42 heavy (non-hydrogen) atoms. The molecule has 0 spiro atoms. The standard InChI is InChI=1S/C32H62O10/c1-2-3-4-5-6-7-8-9-10-11-12-13-14-15-16-17-32(35)42-29-28-40-25-24-38-21-20-36-18-19-37-22-23-39-26-27-41-30-31(33)34/h2-30H2,1H3,(H,33,34). The summed E-state index contributed by atoms with van der Waals surface area (Å²) in [6.45, 7) is 6.80. The van der Waals surface area contributed by atoms with E-state index in [1.54, 1.807) is 0 Å². The molecule has 0 unspecified atom stereocenters. The van der Waals surface area contributed by atoms with Crippen molar-refractivity contribution in [1.82, 2.24) is 0 Å². The van der Waals surface area contributed by atoms with Crippen LogP contribution in [0.2, 0.25) is 0 Å². The predicted octanol–water partition coefficient (Wildman–Crippen LogP) is 5.98. The Morgan fingerprint density at radius 2 is 0.738 bits per heavy atom. The topological polar surface area (TPSA) is 119 Å². The molecule has 250 valence electrons. The van der Waals surface area contributed by atoms with Crippen LogP contribution in [0.1, 0.15) is 110 Å². The van der Waals surface area contributed by atoms with Crippen molar-refractivity contribution < 1.29 is 47.9 Å². The zero-order valence-electron chi connectivity index (χ0n) is 26.6. The van der Waals surface area contributed by atoms with E-state index in [0.29, 0.717) is 72.5 Å². The van der Waals surface area contributed by atoms with Crippen LogP contribution < -0.4 is 0 Å². The van der Waals surface area contributed by atoms with E-state index in [9.17, 15) is 9.59 Å². The summed E-state index contributed by atoms with van der Waals surface area (Å²) in [6.07, 6.45) is 20.2. The van der Waals surface area contributed by atoms with E-state index in [0.717, 1.165) is 12.8 Å². The van der Waals surface area contributed by atoms with Crippen molar-refractivity contribution in [3.63, 3.8) is 0 Å². The zero-order valence-corrected chi connectivity index (χ0v) is 26.6. The molecule has 10 nitrogen and oxygen atoms in total. The highest BCUT2D eigenvalue weighted by atomic mass is 16.6. The Morgan fingerprint density at radius 1 is 0.429 bits per heavy atom. The second kappa shape index (κ2) is 35.9. The lowest BCUT2D eigenvalue weighted by molar-refractivity contribution is -0.145. The van der Waals surface area contributed by atoms with Gasteiger partial charge in [-0.25, -0.2) is 4.79 Å². The third-order valence-corrected chi connectivity index (χ3v) is 6.56. The molecule has 10 heteroatoms.